The zero-order valence-electron chi connectivity index (χ0n) is 15.0. The van der Waals surface area contributed by atoms with E-state index in [4.69, 9.17) is 18.6 Å². The van der Waals surface area contributed by atoms with E-state index >= 15 is 0 Å². The van der Waals surface area contributed by atoms with Gasteiger partial charge in [-0.1, -0.05) is 12.1 Å². The molecule has 2 aromatic heterocycles. The lowest BCUT2D eigenvalue weighted by Crippen LogP contribution is -2.30. The largest absolute Gasteiger partial charge is 0.493 e. The Morgan fingerprint density at radius 3 is 2.89 bits per heavy atom. The summed E-state index contributed by atoms with van der Waals surface area (Å²) in [5, 5.41) is 0.830. The molecule has 8 heteroatoms. The van der Waals surface area contributed by atoms with Crippen LogP contribution < -0.4 is 14.2 Å². The third-order valence-electron chi connectivity index (χ3n) is 4.46. The van der Waals surface area contributed by atoms with Gasteiger partial charge in [-0.15, -0.1) is 0 Å². The standard InChI is InChI=1S/C19H19N3O5/c1-24-14-5-3-4-12-8-15(27-18(12)14)19(23)22-7-6-13(11-22)26-17-10-20-9-16(21-17)25-2/h3-5,8-10,13H,6-7,11H2,1-2H3. The minimum absolute atomic E-state index is 0.158. The van der Waals surface area contributed by atoms with Crippen molar-refractivity contribution in [2.75, 3.05) is 27.3 Å². The Bertz CT molecular complexity index is 971. The molecule has 1 amide bonds. The number of methoxy groups -OCH3 is 2. The van der Waals surface area contributed by atoms with Crippen molar-refractivity contribution in [2.24, 2.45) is 0 Å². The number of para-hydroxylation sites is 1. The molecule has 27 heavy (non-hydrogen) atoms. The van der Waals surface area contributed by atoms with Gasteiger partial charge in [0.05, 0.1) is 33.2 Å². The molecule has 8 nitrogen and oxygen atoms in total. The van der Waals surface area contributed by atoms with Gasteiger partial charge in [0.1, 0.15) is 6.10 Å². The highest BCUT2D eigenvalue weighted by atomic mass is 16.5. The van der Waals surface area contributed by atoms with Crippen molar-refractivity contribution in [3.8, 4) is 17.5 Å². The number of hydrogen-bond acceptors (Lipinski definition) is 7. The van der Waals surface area contributed by atoms with Crippen molar-refractivity contribution >= 4 is 16.9 Å². The molecule has 1 fully saturated rings. The smallest absolute Gasteiger partial charge is 0.289 e. The van der Waals surface area contributed by atoms with Crippen molar-refractivity contribution in [1.82, 2.24) is 14.9 Å². The topological polar surface area (TPSA) is 86.9 Å². The first-order valence-electron chi connectivity index (χ1n) is 8.56. The number of carbonyl (C=O) groups excluding carboxylic acids is 1. The number of likely N-dealkylation sites (tertiary alicyclic amines) is 1. The van der Waals surface area contributed by atoms with Gasteiger partial charge in [0.15, 0.2) is 17.1 Å². The van der Waals surface area contributed by atoms with Crippen molar-refractivity contribution in [3.05, 3.63) is 42.4 Å². The number of fused-ring (bicyclic) bond motifs is 1. The minimum atomic E-state index is -0.170. The molecule has 1 aromatic carbocycles. The average Bonchev–Trinajstić information content (AvgIpc) is 3.34. The lowest BCUT2D eigenvalue weighted by Gasteiger charge is -2.15. The van der Waals surface area contributed by atoms with Gasteiger partial charge in [-0.2, -0.15) is 4.98 Å². The fourth-order valence-electron chi connectivity index (χ4n) is 3.12. The van der Waals surface area contributed by atoms with Crippen molar-refractivity contribution in [1.29, 1.82) is 0 Å². The summed E-state index contributed by atoms with van der Waals surface area (Å²) in [5.41, 5.74) is 0.571. The molecule has 4 rings (SSSR count). The zero-order chi connectivity index (χ0) is 18.8. The monoisotopic (exact) mass is 369 g/mol. The second kappa shape index (κ2) is 7.14. The van der Waals surface area contributed by atoms with Gasteiger partial charge in [-0.3, -0.25) is 9.78 Å². The molecule has 1 unspecified atom stereocenters. The number of ether oxygens (including phenoxy) is 3. The lowest BCUT2D eigenvalue weighted by molar-refractivity contribution is 0.0741. The third-order valence-corrected chi connectivity index (χ3v) is 4.46. The van der Waals surface area contributed by atoms with E-state index in [2.05, 4.69) is 9.97 Å². The molecule has 0 aliphatic carbocycles. The van der Waals surface area contributed by atoms with Crippen LogP contribution in [0.1, 0.15) is 17.0 Å². The van der Waals surface area contributed by atoms with E-state index in [1.807, 2.05) is 12.1 Å². The predicted molar refractivity (Wildman–Crippen MR) is 96.3 cm³/mol. The van der Waals surface area contributed by atoms with Gasteiger partial charge >= 0.3 is 0 Å². The maximum atomic E-state index is 12.8. The number of furan rings is 1. The van der Waals surface area contributed by atoms with Crippen LogP contribution in [0, 0.1) is 0 Å². The Hall–Kier alpha value is -3.29. The van der Waals surface area contributed by atoms with E-state index < -0.39 is 0 Å². The fraction of sp³-hybridized carbons (Fsp3) is 0.316. The van der Waals surface area contributed by atoms with E-state index in [-0.39, 0.29) is 17.8 Å². The first-order chi connectivity index (χ1) is 13.2. The van der Waals surface area contributed by atoms with Gasteiger partial charge in [0.2, 0.25) is 11.8 Å². The number of nitrogens with zero attached hydrogens (tertiary/aromatic N) is 3. The second-order valence-corrected chi connectivity index (χ2v) is 6.17. The summed E-state index contributed by atoms with van der Waals surface area (Å²) in [4.78, 5) is 22.7. The number of hydrogen-bond donors (Lipinski definition) is 0. The molecule has 1 aliphatic heterocycles. The molecule has 1 atom stereocenters. The van der Waals surface area contributed by atoms with Crippen LogP contribution in [0.25, 0.3) is 11.0 Å². The Kier molecular flexibility index (Phi) is 4.53. The zero-order valence-corrected chi connectivity index (χ0v) is 15.0. The molecule has 1 aliphatic rings. The lowest BCUT2D eigenvalue weighted by atomic mass is 10.2. The van der Waals surface area contributed by atoms with Crippen LogP contribution in [-0.4, -0.2) is 54.2 Å². The fourth-order valence-corrected chi connectivity index (χ4v) is 3.12. The summed E-state index contributed by atoms with van der Waals surface area (Å²) in [7, 11) is 3.09. The molecular weight excluding hydrogens is 350 g/mol. The normalized spacial score (nSPS) is 16.5. The molecular formula is C19H19N3O5. The van der Waals surface area contributed by atoms with Crippen LogP contribution >= 0.6 is 0 Å². The summed E-state index contributed by atoms with van der Waals surface area (Å²) >= 11 is 0. The van der Waals surface area contributed by atoms with Crippen molar-refractivity contribution in [3.63, 3.8) is 0 Å². The van der Waals surface area contributed by atoms with Crippen LogP contribution in [0.3, 0.4) is 0 Å². The van der Waals surface area contributed by atoms with E-state index in [1.54, 1.807) is 24.1 Å². The third kappa shape index (κ3) is 3.38. The molecule has 1 saturated heterocycles. The van der Waals surface area contributed by atoms with E-state index in [0.717, 1.165) is 5.39 Å². The minimum Gasteiger partial charge on any atom is -0.493 e. The molecule has 0 bridgehead atoms. The predicted octanol–water partition coefficient (Wildman–Crippen LogP) is 2.53. The Morgan fingerprint density at radius 1 is 1.22 bits per heavy atom. The molecule has 0 N–H and O–H groups in total. The van der Waals surface area contributed by atoms with Crippen LogP contribution in [0.4, 0.5) is 0 Å². The van der Waals surface area contributed by atoms with Crippen molar-refractivity contribution < 1.29 is 23.4 Å². The van der Waals surface area contributed by atoms with Gasteiger partial charge < -0.3 is 23.5 Å². The van der Waals surface area contributed by atoms with Crippen LogP contribution in [0.5, 0.6) is 17.5 Å². The highest BCUT2D eigenvalue weighted by Gasteiger charge is 2.30. The number of amides is 1. The Labute approximate surface area is 155 Å². The number of rotatable bonds is 5. The second-order valence-electron chi connectivity index (χ2n) is 6.17. The number of benzene rings is 1. The molecule has 0 saturated carbocycles. The average molecular weight is 369 g/mol. The van der Waals surface area contributed by atoms with E-state index in [9.17, 15) is 4.79 Å². The van der Waals surface area contributed by atoms with E-state index in [0.29, 0.717) is 42.6 Å². The van der Waals surface area contributed by atoms with E-state index in [1.165, 1.54) is 19.5 Å². The van der Waals surface area contributed by atoms with Crippen LogP contribution in [0.15, 0.2) is 41.1 Å². The summed E-state index contributed by atoms with van der Waals surface area (Å²) in [6.45, 7) is 1.03. The van der Waals surface area contributed by atoms with Crippen molar-refractivity contribution in [2.45, 2.75) is 12.5 Å². The summed E-state index contributed by atoms with van der Waals surface area (Å²) in [6, 6.07) is 7.28. The number of aromatic nitrogens is 2. The van der Waals surface area contributed by atoms with Gasteiger partial charge in [-0.05, 0) is 12.1 Å². The quantitative estimate of drug-likeness (QED) is 0.683. The van der Waals surface area contributed by atoms with Crippen LogP contribution in [-0.2, 0) is 0 Å². The van der Waals surface area contributed by atoms with Crippen LogP contribution in [0.2, 0.25) is 0 Å². The molecule has 0 radical (unpaired) electrons. The molecule has 3 heterocycles. The summed E-state index contributed by atoms with van der Waals surface area (Å²) in [6.07, 6.45) is 3.58. The first-order valence-corrected chi connectivity index (χ1v) is 8.56. The maximum Gasteiger partial charge on any atom is 0.289 e. The van der Waals surface area contributed by atoms with Gasteiger partial charge in [-0.25, -0.2) is 0 Å². The highest BCUT2D eigenvalue weighted by Crippen LogP contribution is 2.29. The Morgan fingerprint density at radius 2 is 2.07 bits per heavy atom. The summed E-state index contributed by atoms with van der Waals surface area (Å²) in [5.74, 6) is 1.48. The number of carbonyl (C=O) groups is 1. The molecule has 0 spiro atoms. The SMILES string of the molecule is COc1cncc(OC2CCN(C(=O)c3cc4cccc(OC)c4o3)C2)n1. The van der Waals surface area contributed by atoms with Gasteiger partial charge in [0.25, 0.3) is 5.91 Å². The summed E-state index contributed by atoms with van der Waals surface area (Å²) < 4.78 is 21.9. The Balaban J connectivity index is 1.46. The maximum absolute atomic E-state index is 12.8. The molecule has 3 aromatic rings. The highest BCUT2D eigenvalue weighted by molar-refractivity contribution is 5.97. The van der Waals surface area contributed by atoms with Gasteiger partial charge in [0, 0.05) is 18.4 Å². The molecule has 140 valence electrons. The first kappa shape index (κ1) is 17.1.